The zero-order valence-corrected chi connectivity index (χ0v) is 12.6. The zero-order valence-electron chi connectivity index (χ0n) is 11.8. The smallest absolute Gasteiger partial charge is 0.355 e. The van der Waals surface area contributed by atoms with Gasteiger partial charge in [-0.25, -0.2) is 9.78 Å². The van der Waals surface area contributed by atoms with Crippen LogP contribution >= 0.6 is 11.3 Å². The number of aromatic nitrogens is 3. The minimum absolute atomic E-state index is 0.00638. The molecule has 2 aromatic heterocycles. The van der Waals surface area contributed by atoms with E-state index in [1.165, 1.54) is 16.7 Å². The van der Waals surface area contributed by atoms with Gasteiger partial charge >= 0.3 is 5.97 Å². The van der Waals surface area contributed by atoms with E-state index in [-0.39, 0.29) is 18.1 Å². The topological polar surface area (TPSA) is 97.1 Å². The number of aryl methyl sites for hydroxylation is 3. The lowest BCUT2D eigenvalue weighted by Gasteiger charge is -2.05. The van der Waals surface area contributed by atoms with E-state index in [0.717, 1.165) is 11.4 Å². The van der Waals surface area contributed by atoms with Crippen molar-refractivity contribution < 1.29 is 14.7 Å². The first-order chi connectivity index (χ1) is 9.95. The standard InChI is InChI=1S/C13H16N4O3S/c1-8-5-9(2)17(16-8)4-3-11(18)14-6-12-15-10(7-21-12)13(19)20/h5,7H,3-4,6H2,1-2H3,(H,14,18)(H,19,20). The Morgan fingerprint density at radius 3 is 2.76 bits per heavy atom. The van der Waals surface area contributed by atoms with E-state index in [2.05, 4.69) is 15.4 Å². The molecule has 2 aromatic rings. The maximum absolute atomic E-state index is 11.8. The Balaban J connectivity index is 1.79. The number of hydrogen-bond acceptors (Lipinski definition) is 5. The molecular formula is C13H16N4O3S. The van der Waals surface area contributed by atoms with Crippen molar-refractivity contribution in [2.75, 3.05) is 0 Å². The Labute approximate surface area is 125 Å². The number of hydrogen-bond donors (Lipinski definition) is 2. The van der Waals surface area contributed by atoms with Crippen LogP contribution in [-0.2, 0) is 17.9 Å². The summed E-state index contributed by atoms with van der Waals surface area (Å²) in [4.78, 5) is 26.4. The van der Waals surface area contributed by atoms with Crippen LogP contribution in [0.3, 0.4) is 0 Å². The predicted octanol–water partition coefficient (Wildman–Crippen LogP) is 1.36. The number of carboxylic acids is 1. The van der Waals surface area contributed by atoms with Crippen molar-refractivity contribution in [1.29, 1.82) is 0 Å². The molecule has 112 valence electrons. The van der Waals surface area contributed by atoms with E-state index in [0.29, 0.717) is 18.0 Å². The van der Waals surface area contributed by atoms with Crippen LogP contribution in [0.5, 0.6) is 0 Å². The molecule has 0 aliphatic carbocycles. The van der Waals surface area contributed by atoms with Crippen molar-refractivity contribution in [2.24, 2.45) is 0 Å². The van der Waals surface area contributed by atoms with E-state index < -0.39 is 5.97 Å². The summed E-state index contributed by atoms with van der Waals surface area (Å²) in [7, 11) is 0. The number of carbonyl (C=O) groups excluding carboxylic acids is 1. The summed E-state index contributed by atoms with van der Waals surface area (Å²) in [5, 5.41) is 17.8. The average molecular weight is 308 g/mol. The van der Waals surface area contributed by atoms with Crippen LogP contribution in [0.15, 0.2) is 11.4 Å². The number of carboxylic acid groups (broad SMARTS) is 1. The van der Waals surface area contributed by atoms with Gasteiger partial charge < -0.3 is 10.4 Å². The Morgan fingerprint density at radius 1 is 1.43 bits per heavy atom. The lowest BCUT2D eigenvalue weighted by molar-refractivity contribution is -0.121. The van der Waals surface area contributed by atoms with Gasteiger partial charge in [-0.15, -0.1) is 11.3 Å². The maximum atomic E-state index is 11.8. The quantitative estimate of drug-likeness (QED) is 0.840. The van der Waals surface area contributed by atoms with Crippen molar-refractivity contribution >= 4 is 23.2 Å². The number of aromatic carboxylic acids is 1. The van der Waals surface area contributed by atoms with Crippen molar-refractivity contribution in [3.05, 3.63) is 33.5 Å². The Morgan fingerprint density at radius 2 is 2.19 bits per heavy atom. The molecule has 1 amide bonds. The van der Waals surface area contributed by atoms with E-state index in [1.807, 2.05) is 19.9 Å². The monoisotopic (exact) mass is 308 g/mol. The Bertz CT molecular complexity index is 662. The molecule has 0 fully saturated rings. The van der Waals surface area contributed by atoms with E-state index >= 15 is 0 Å². The van der Waals surface area contributed by atoms with E-state index in [9.17, 15) is 9.59 Å². The maximum Gasteiger partial charge on any atom is 0.355 e. The van der Waals surface area contributed by atoms with Crippen molar-refractivity contribution in [1.82, 2.24) is 20.1 Å². The second-order valence-corrected chi connectivity index (χ2v) is 5.55. The van der Waals surface area contributed by atoms with Crippen LogP contribution in [0.4, 0.5) is 0 Å². The van der Waals surface area contributed by atoms with Gasteiger partial charge in [-0.3, -0.25) is 9.48 Å². The fourth-order valence-corrected chi connectivity index (χ4v) is 2.57. The van der Waals surface area contributed by atoms with Gasteiger partial charge in [0.1, 0.15) is 5.01 Å². The van der Waals surface area contributed by atoms with Gasteiger partial charge in [0.05, 0.1) is 12.2 Å². The second kappa shape index (κ2) is 6.49. The van der Waals surface area contributed by atoms with Crippen LogP contribution < -0.4 is 5.32 Å². The zero-order chi connectivity index (χ0) is 15.4. The Hall–Kier alpha value is -2.22. The summed E-state index contributed by atoms with van der Waals surface area (Å²) in [5.41, 5.74) is 1.95. The van der Waals surface area contributed by atoms with Gasteiger partial charge in [0.25, 0.3) is 0 Å². The summed E-state index contributed by atoms with van der Waals surface area (Å²) in [6, 6.07) is 1.96. The van der Waals surface area contributed by atoms with E-state index in [4.69, 9.17) is 5.11 Å². The molecule has 0 aliphatic heterocycles. The molecule has 0 unspecified atom stereocenters. The van der Waals surface area contributed by atoms with Crippen molar-refractivity contribution in [2.45, 2.75) is 33.4 Å². The number of nitrogens with zero attached hydrogens (tertiary/aromatic N) is 3. The molecule has 0 radical (unpaired) electrons. The van der Waals surface area contributed by atoms with Crippen molar-refractivity contribution in [3.8, 4) is 0 Å². The predicted molar refractivity (Wildman–Crippen MR) is 77.2 cm³/mol. The summed E-state index contributed by atoms with van der Waals surface area (Å²) >= 11 is 1.22. The highest BCUT2D eigenvalue weighted by molar-refractivity contribution is 7.09. The fourth-order valence-electron chi connectivity index (χ4n) is 1.86. The molecule has 0 aromatic carbocycles. The number of thiazole rings is 1. The molecule has 2 N–H and O–H groups in total. The van der Waals surface area contributed by atoms with Gasteiger partial charge in [0, 0.05) is 24.0 Å². The highest BCUT2D eigenvalue weighted by Crippen LogP contribution is 2.09. The van der Waals surface area contributed by atoms with Gasteiger partial charge in [-0.1, -0.05) is 0 Å². The summed E-state index contributed by atoms with van der Waals surface area (Å²) < 4.78 is 1.79. The minimum Gasteiger partial charge on any atom is -0.476 e. The summed E-state index contributed by atoms with van der Waals surface area (Å²) in [6.45, 7) is 4.62. The lowest BCUT2D eigenvalue weighted by atomic mass is 10.3. The van der Waals surface area contributed by atoms with Gasteiger partial charge in [0.2, 0.25) is 5.91 Å². The molecule has 0 spiro atoms. The fraction of sp³-hybridized carbons (Fsp3) is 0.385. The molecule has 2 rings (SSSR count). The largest absolute Gasteiger partial charge is 0.476 e. The molecule has 7 nitrogen and oxygen atoms in total. The third kappa shape index (κ3) is 4.12. The number of nitrogens with one attached hydrogen (secondary N) is 1. The molecule has 0 saturated heterocycles. The van der Waals surface area contributed by atoms with Gasteiger partial charge in [-0.05, 0) is 19.9 Å². The molecule has 8 heteroatoms. The van der Waals surface area contributed by atoms with Crippen LogP contribution in [0.2, 0.25) is 0 Å². The van der Waals surface area contributed by atoms with Crippen LogP contribution in [0.1, 0.15) is 33.3 Å². The SMILES string of the molecule is Cc1cc(C)n(CCC(=O)NCc2nc(C(=O)O)cs2)n1. The van der Waals surface area contributed by atoms with Crippen LogP contribution in [0.25, 0.3) is 0 Å². The summed E-state index contributed by atoms with van der Waals surface area (Å²) in [6.07, 6.45) is 0.319. The third-order valence-corrected chi connectivity index (χ3v) is 3.71. The molecular weight excluding hydrogens is 292 g/mol. The molecule has 0 saturated carbocycles. The Kier molecular flexibility index (Phi) is 4.69. The second-order valence-electron chi connectivity index (χ2n) is 4.61. The molecule has 0 bridgehead atoms. The van der Waals surface area contributed by atoms with E-state index in [1.54, 1.807) is 4.68 Å². The third-order valence-electron chi connectivity index (χ3n) is 2.86. The highest BCUT2D eigenvalue weighted by atomic mass is 32.1. The number of carbonyl (C=O) groups is 2. The average Bonchev–Trinajstić information content (AvgIpc) is 3.01. The van der Waals surface area contributed by atoms with Gasteiger partial charge in [0.15, 0.2) is 5.69 Å². The van der Waals surface area contributed by atoms with Crippen LogP contribution in [-0.4, -0.2) is 31.7 Å². The molecule has 21 heavy (non-hydrogen) atoms. The number of rotatable bonds is 6. The van der Waals surface area contributed by atoms with Crippen molar-refractivity contribution in [3.63, 3.8) is 0 Å². The first kappa shape index (κ1) is 15.2. The van der Waals surface area contributed by atoms with Crippen LogP contribution in [0, 0.1) is 13.8 Å². The number of amides is 1. The first-order valence-electron chi connectivity index (χ1n) is 6.41. The minimum atomic E-state index is -1.06. The summed E-state index contributed by atoms with van der Waals surface area (Å²) in [5.74, 6) is -1.18. The van der Waals surface area contributed by atoms with Gasteiger partial charge in [-0.2, -0.15) is 5.10 Å². The molecule has 2 heterocycles. The lowest BCUT2D eigenvalue weighted by Crippen LogP contribution is -2.24. The molecule has 0 aliphatic rings. The normalized spacial score (nSPS) is 10.6. The highest BCUT2D eigenvalue weighted by Gasteiger charge is 2.10. The first-order valence-corrected chi connectivity index (χ1v) is 7.29. The molecule has 0 atom stereocenters.